The number of benzene rings is 2. The van der Waals surface area contributed by atoms with Gasteiger partial charge in [-0.1, -0.05) is 97.2 Å². The Labute approximate surface area is 156 Å². The number of alkyl halides is 1. The molecule has 0 nitrogen and oxygen atoms in total. The zero-order valence-electron chi connectivity index (χ0n) is 15.6. The number of halogens is 1. The van der Waals surface area contributed by atoms with Crippen LogP contribution in [0.1, 0.15) is 68.2 Å². The predicted octanol–water partition coefficient (Wildman–Crippen LogP) is 7.43. The average molecular weight is 387 g/mol. The number of hydrogen-bond donors (Lipinski definition) is 0. The van der Waals surface area contributed by atoms with Gasteiger partial charge in [-0.25, -0.2) is 0 Å². The van der Waals surface area contributed by atoms with E-state index in [1.54, 1.807) is 0 Å². The fourth-order valence-corrected chi connectivity index (χ4v) is 3.55. The molecule has 0 amide bonds. The molecule has 2 aromatic carbocycles. The highest BCUT2D eigenvalue weighted by atomic mass is 79.9. The molecule has 0 saturated carbocycles. The largest absolute Gasteiger partial charge is 0.0876 e. The van der Waals surface area contributed by atoms with Crippen molar-refractivity contribution >= 4 is 15.9 Å². The van der Waals surface area contributed by atoms with Gasteiger partial charge in [-0.3, -0.25) is 0 Å². The van der Waals surface area contributed by atoms with Gasteiger partial charge in [0.05, 0.1) is 0 Å². The summed E-state index contributed by atoms with van der Waals surface area (Å²) in [5.74, 6) is 0.636. The summed E-state index contributed by atoms with van der Waals surface area (Å²) in [5.41, 5.74) is 6.04. The molecule has 24 heavy (non-hydrogen) atoms. The molecular formula is C23H31Br. The number of aryl methyl sites for hydroxylation is 2. The van der Waals surface area contributed by atoms with Crippen LogP contribution in [0.5, 0.6) is 0 Å². The van der Waals surface area contributed by atoms with Crippen LogP contribution in [-0.4, -0.2) is 0 Å². The molecule has 0 aliphatic rings. The van der Waals surface area contributed by atoms with Gasteiger partial charge in [0.25, 0.3) is 0 Å². The van der Waals surface area contributed by atoms with Gasteiger partial charge in [-0.15, -0.1) is 0 Å². The van der Waals surface area contributed by atoms with Gasteiger partial charge in [0, 0.05) is 5.33 Å². The molecule has 130 valence electrons. The Hall–Kier alpha value is -1.08. The van der Waals surface area contributed by atoms with Crippen LogP contribution in [0, 0.1) is 12.3 Å². The van der Waals surface area contributed by atoms with Crippen LogP contribution >= 0.6 is 15.9 Å². The van der Waals surface area contributed by atoms with E-state index in [4.69, 9.17) is 0 Å². The minimum absolute atomic E-state index is 0.398. The molecule has 0 fully saturated rings. The van der Waals surface area contributed by atoms with E-state index in [0.29, 0.717) is 11.3 Å². The Kier molecular flexibility index (Phi) is 7.10. The van der Waals surface area contributed by atoms with Crippen LogP contribution < -0.4 is 0 Å². The highest BCUT2D eigenvalue weighted by Crippen LogP contribution is 2.37. The topological polar surface area (TPSA) is 0 Å². The first-order chi connectivity index (χ1) is 11.4. The quantitative estimate of drug-likeness (QED) is 0.413. The van der Waals surface area contributed by atoms with E-state index in [1.165, 1.54) is 41.5 Å². The van der Waals surface area contributed by atoms with Crippen LogP contribution in [0.2, 0.25) is 0 Å². The lowest BCUT2D eigenvalue weighted by Crippen LogP contribution is -2.16. The monoisotopic (exact) mass is 386 g/mol. The second kappa shape index (κ2) is 8.85. The molecule has 1 atom stereocenters. The Morgan fingerprint density at radius 2 is 1.50 bits per heavy atom. The highest BCUT2D eigenvalue weighted by Gasteiger charge is 2.22. The van der Waals surface area contributed by atoms with Gasteiger partial charge in [0.2, 0.25) is 0 Å². The van der Waals surface area contributed by atoms with Crippen molar-refractivity contribution in [3.05, 3.63) is 70.8 Å². The first-order valence-corrected chi connectivity index (χ1v) is 10.3. The van der Waals surface area contributed by atoms with Gasteiger partial charge in [0.1, 0.15) is 0 Å². The number of hydrogen-bond acceptors (Lipinski definition) is 0. The molecule has 0 radical (unpaired) electrons. The average Bonchev–Trinajstić information content (AvgIpc) is 2.60. The van der Waals surface area contributed by atoms with E-state index < -0.39 is 0 Å². The molecule has 0 aliphatic heterocycles. The Balaban J connectivity index is 2.11. The molecular weight excluding hydrogens is 356 g/mol. The van der Waals surface area contributed by atoms with Crippen molar-refractivity contribution < 1.29 is 0 Å². The molecule has 2 aromatic rings. The smallest absolute Gasteiger partial charge is 0.0283 e. The fourth-order valence-electron chi connectivity index (χ4n) is 3.17. The third-order valence-electron chi connectivity index (χ3n) is 5.26. The second-order valence-electron chi connectivity index (χ2n) is 7.82. The van der Waals surface area contributed by atoms with Crippen molar-refractivity contribution in [3.8, 4) is 0 Å². The molecule has 0 bridgehead atoms. The third-order valence-corrected chi connectivity index (χ3v) is 5.91. The SMILES string of the molecule is CCC(C)(C)CC(CCc1ccc(CBr)cc1)c1ccc(C)cc1. The van der Waals surface area contributed by atoms with Crippen molar-refractivity contribution in [2.24, 2.45) is 5.41 Å². The maximum atomic E-state index is 3.52. The molecule has 2 rings (SSSR count). The van der Waals surface area contributed by atoms with Crippen molar-refractivity contribution in [3.63, 3.8) is 0 Å². The molecule has 1 heteroatoms. The Morgan fingerprint density at radius 3 is 2.04 bits per heavy atom. The predicted molar refractivity (Wildman–Crippen MR) is 110 cm³/mol. The molecule has 0 aromatic heterocycles. The maximum absolute atomic E-state index is 3.52. The lowest BCUT2D eigenvalue weighted by molar-refractivity contribution is 0.286. The fraction of sp³-hybridized carbons (Fsp3) is 0.478. The van der Waals surface area contributed by atoms with Crippen LogP contribution in [0.4, 0.5) is 0 Å². The van der Waals surface area contributed by atoms with E-state index in [9.17, 15) is 0 Å². The normalized spacial score (nSPS) is 13.0. The molecule has 0 aliphatic carbocycles. The molecule has 0 heterocycles. The van der Waals surface area contributed by atoms with Crippen molar-refractivity contribution in [1.82, 2.24) is 0 Å². The zero-order chi connectivity index (χ0) is 17.6. The summed E-state index contributed by atoms with van der Waals surface area (Å²) in [7, 11) is 0. The maximum Gasteiger partial charge on any atom is 0.0283 e. The first kappa shape index (κ1) is 19.2. The molecule has 0 spiro atoms. The Morgan fingerprint density at radius 1 is 0.917 bits per heavy atom. The van der Waals surface area contributed by atoms with Gasteiger partial charge in [0.15, 0.2) is 0 Å². The van der Waals surface area contributed by atoms with E-state index >= 15 is 0 Å². The molecule has 0 N–H and O–H groups in total. The van der Waals surface area contributed by atoms with Crippen LogP contribution in [0.15, 0.2) is 48.5 Å². The van der Waals surface area contributed by atoms with Crippen LogP contribution in [0.25, 0.3) is 0 Å². The number of rotatable bonds is 8. The summed E-state index contributed by atoms with van der Waals surface area (Å²) >= 11 is 3.52. The summed E-state index contributed by atoms with van der Waals surface area (Å²) < 4.78 is 0. The summed E-state index contributed by atoms with van der Waals surface area (Å²) in [6.07, 6.45) is 4.86. The summed E-state index contributed by atoms with van der Waals surface area (Å²) in [4.78, 5) is 0. The van der Waals surface area contributed by atoms with E-state index in [2.05, 4.69) is 92.2 Å². The van der Waals surface area contributed by atoms with Gasteiger partial charge in [-0.2, -0.15) is 0 Å². The minimum Gasteiger partial charge on any atom is -0.0876 e. The Bertz CT molecular complexity index is 607. The van der Waals surface area contributed by atoms with Gasteiger partial charge >= 0.3 is 0 Å². The van der Waals surface area contributed by atoms with E-state index in [1.807, 2.05) is 0 Å². The minimum atomic E-state index is 0.398. The second-order valence-corrected chi connectivity index (χ2v) is 8.38. The summed E-state index contributed by atoms with van der Waals surface area (Å²) in [5, 5.41) is 0.934. The summed E-state index contributed by atoms with van der Waals surface area (Å²) in [6.45, 7) is 9.28. The third kappa shape index (κ3) is 5.77. The molecule has 0 saturated heterocycles. The zero-order valence-corrected chi connectivity index (χ0v) is 17.2. The van der Waals surface area contributed by atoms with Gasteiger partial charge < -0.3 is 0 Å². The van der Waals surface area contributed by atoms with Crippen molar-refractivity contribution in [2.75, 3.05) is 0 Å². The van der Waals surface area contributed by atoms with Gasteiger partial charge in [-0.05, 0) is 54.2 Å². The van der Waals surface area contributed by atoms with E-state index in [-0.39, 0.29) is 0 Å². The first-order valence-electron chi connectivity index (χ1n) is 9.14. The van der Waals surface area contributed by atoms with Crippen LogP contribution in [0.3, 0.4) is 0 Å². The highest BCUT2D eigenvalue weighted by molar-refractivity contribution is 9.08. The summed E-state index contributed by atoms with van der Waals surface area (Å²) in [6, 6.07) is 18.2. The molecule has 1 unspecified atom stereocenters. The van der Waals surface area contributed by atoms with Crippen molar-refractivity contribution in [1.29, 1.82) is 0 Å². The van der Waals surface area contributed by atoms with Crippen LogP contribution in [-0.2, 0) is 11.8 Å². The lowest BCUT2D eigenvalue weighted by atomic mass is 9.76. The lowest BCUT2D eigenvalue weighted by Gasteiger charge is -2.29. The van der Waals surface area contributed by atoms with E-state index in [0.717, 1.165) is 11.8 Å². The standard InChI is InChI=1S/C23H31Br/c1-5-23(3,4)16-22(21-13-6-18(2)7-14-21)15-12-19-8-10-20(17-24)11-9-19/h6-11,13-14,22H,5,12,15-17H2,1-4H3. The van der Waals surface area contributed by atoms with Crippen molar-refractivity contribution in [2.45, 2.75) is 64.6 Å².